The van der Waals surface area contributed by atoms with E-state index in [-0.39, 0.29) is 0 Å². The zero-order valence-corrected chi connectivity index (χ0v) is 18.5. The van der Waals surface area contributed by atoms with Crippen molar-refractivity contribution < 1.29 is 4.79 Å². The highest BCUT2D eigenvalue weighted by atomic mass is 16.1. The fourth-order valence-corrected chi connectivity index (χ4v) is 4.01. The third kappa shape index (κ3) is 10.5. The molecule has 2 aromatic rings. The highest BCUT2D eigenvalue weighted by molar-refractivity contribution is 5.81. The number of hydrogen-bond donors (Lipinski definition) is 0. The van der Waals surface area contributed by atoms with Crippen molar-refractivity contribution in [1.82, 2.24) is 0 Å². The van der Waals surface area contributed by atoms with Crippen LogP contribution in [-0.2, 0) is 17.6 Å². The summed E-state index contributed by atoms with van der Waals surface area (Å²) in [5, 5.41) is 0. The summed E-state index contributed by atoms with van der Waals surface area (Å²) in [6.07, 6.45) is 16.8. The number of unbranched alkanes of at least 4 members (excludes halogenated alkanes) is 10. The summed E-state index contributed by atoms with van der Waals surface area (Å²) in [4.78, 5) is 12.5. The van der Waals surface area contributed by atoms with Crippen molar-refractivity contribution in [3.05, 3.63) is 71.3 Å². The second-order valence-electron chi connectivity index (χ2n) is 8.43. The molecular formula is C28H40O. The largest absolute Gasteiger partial charge is 0.299 e. The molecule has 0 aliphatic carbocycles. The van der Waals surface area contributed by atoms with Crippen LogP contribution in [0, 0.1) is 0 Å². The van der Waals surface area contributed by atoms with Gasteiger partial charge in [0.05, 0.1) is 0 Å². The second-order valence-corrected chi connectivity index (χ2v) is 8.43. The number of carbonyl (C=O) groups is 1. The molecule has 158 valence electrons. The van der Waals surface area contributed by atoms with Gasteiger partial charge in [-0.1, -0.05) is 126 Å². The predicted octanol–water partition coefficient (Wildman–Crippen LogP) is 8.09. The molecule has 0 saturated carbocycles. The zero-order chi connectivity index (χ0) is 20.6. The first-order valence-corrected chi connectivity index (χ1v) is 11.9. The van der Waals surface area contributed by atoms with Crippen molar-refractivity contribution in [2.45, 2.75) is 96.8 Å². The summed E-state index contributed by atoms with van der Waals surface area (Å²) >= 11 is 0. The van der Waals surface area contributed by atoms with E-state index in [0.29, 0.717) is 12.2 Å². The summed E-state index contributed by atoms with van der Waals surface area (Å²) in [6.45, 7) is 2.27. The normalized spacial score (nSPS) is 10.9. The van der Waals surface area contributed by atoms with E-state index in [9.17, 15) is 4.79 Å². The van der Waals surface area contributed by atoms with Gasteiger partial charge in [-0.05, 0) is 29.5 Å². The van der Waals surface area contributed by atoms with E-state index in [4.69, 9.17) is 0 Å². The molecule has 29 heavy (non-hydrogen) atoms. The van der Waals surface area contributed by atoms with Crippen LogP contribution in [0.3, 0.4) is 0 Å². The summed E-state index contributed by atoms with van der Waals surface area (Å²) in [5.74, 6) is 0.390. The minimum atomic E-state index is 0.390. The standard InChI is InChI=1S/C28H40O/c1-2-3-4-5-6-7-8-9-10-11-15-22-28(29)24-27-21-17-16-20-26(27)23-25-18-13-12-14-19-25/h12-14,16-21H,2-11,15,22-24H2,1H3. The molecule has 0 bridgehead atoms. The smallest absolute Gasteiger partial charge is 0.137 e. The van der Waals surface area contributed by atoms with E-state index in [1.807, 2.05) is 6.07 Å². The van der Waals surface area contributed by atoms with E-state index in [0.717, 1.165) is 19.3 Å². The summed E-state index contributed by atoms with van der Waals surface area (Å²) in [7, 11) is 0. The lowest BCUT2D eigenvalue weighted by Crippen LogP contribution is -2.05. The summed E-state index contributed by atoms with van der Waals surface area (Å²) in [6, 6.07) is 18.9. The maximum Gasteiger partial charge on any atom is 0.137 e. The first kappa shape index (κ1) is 23.4. The first-order valence-electron chi connectivity index (χ1n) is 11.9. The third-order valence-corrected chi connectivity index (χ3v) is 5.80. The molecular weight excluding hydrogens is 352 g/mol. The van der Waals surface area contributed by atoms with E-state index in [1.54, 1.807) is 0 Å². The number of hydrogen-bond acceptors (Lipinski definition) is 1. The van der Waals surface area contributed by atoms with Crippen molar-refractivity contribution in [3.63, 3.8) is 0 Å². The summed E-state index contributed by atoms with van der Waals surface area (Å²) in [5.41, 5.74) is 3.79. The van der Waals surface area contributed by atoms with E-state index in [1.165, 1.54) is 80.9 Å². The first-order chi connectivity index (χ1) is 14.3. The number of benzene rings is 2. The van der Waals surface area contributed by atoms with Crippen molar-refractivity contribution in [3.8, 4) is 0 Å². The van der Waals surface area contributed by atoms with Gasteiger partial charge in [-0.3, -0.25) is 4.79 Å². The molecule has 0 N–H and O–H groups in total. The number of rotatable bonds is 16. The molecule has 0 amide bonds. The van der Waals surface area contributed by atoms with Gasteiger partial charge in [-0.15, -0.1) is 0 Å². The Morgan fingerprint density at radius 3 is 1.76 bits per heavy atom. The van der Waals surface area contributed by atoms with Gasteiger partial charge < -0.3 is 0 Å². The highest BCUT2D eigenvalue weighted by Gasteiger charge is 2.08. The van der Waals surface area contributed by atoms with Gasteiger partial charge in [0.2, 0.25) is 0 Å². The van der Waals surface area contributed by atoms with Crippen molar-refractivity contribution in [2.24, 2.45) is 0 Å². The van der Waals surface area contributed by atoms with Crippen LogP contribution in [0.25, 0.3) is 0 Å². The van der Waals surface area contributed by atoms with Crippen molar-refractivity contribution in [1.29, 1.82) is 0 Å². The topological polar surface area (TPSA) is 17.1 Å². The van der Waals surface area contributed by atoms with Crippen molar-refractivity contribution >= 4 is 5.78 Å². The van der Waals surface area contributed by atoms with Gasteiger partial charge in [0.1, 0.15) is 5.78 Å². The highest BCUT2D eigenvalue weighted by Crippen LogP contribution is 2.17. The Bertz CT molecular complexity index is 674. The monoisotopic (exact) mass is 392 g/mol. The maximum atomic E-state index is 12.5. The van der Waals surface area contributed by atoms with Crippen LogP contribution >= 0.6 is 0 Å². The zero-order valence-electron chi connectivity index (χ0n) is 18.5. The number of Topliss-reactive ketones (excluding diaryl/α,β-unsaturated/α-hetero) is 1. The van der Waals surface area contributed by atoms with Crippen LogP contribution in [0.4, 0.5) is 0 Å². The molecule has 0 aliphatic heterocycles. The van der Waals surface area contributed by atoms with Crippen LogP contribution in [0.5, 0.6) is 0 Å². The number of carbonyl (C=O) groups excluding carboxylic acids is 1. The van der Waals surface area contributed by atoms with Crippen LogP contribution < -0.4 is 0 Å². The van der Waals surface area contributed by atoms with Crippen LogP contribution in [0.1, 0.15) is 101 Å². The fourth-order valence-electron chi connectivity index (χ4n) is 4.01. The van der Waals surface area contributed by atoms with Crippen LogP contribution in [0.15, 0.2) is 54.6 Å². The average molecular weight is 393 g/mol. The van der Waals surface area contributed by atoms with Gasteiger partial charge in [0, 0.05) is 12.8 Å². The molecule has 1 nitrogen and oxygen atoms in total. The van der Waals surface area contributed by atoms with E-state index in [2.05, 4.69) is 55.5 Å². The van der Waals surface area contributed by atoms with Gasteiger partial charge >= 0.3 is 0 Å². The minimum Gasteiger partial charge on any atom is -0.299 e. The van der Waals surface area contributed by atoms with Gasteiger partial charge in [0.25, 0.3) is 0 Å². The maximum absolute atomic E-state index is 12.5. The molecule has 0 unspecified atom stereocenters. The Kier molecular flexibility index (Phi) is 12.1. The van der Waals surface area contributed by atoms with Crippen LogP contribution in [0.2, 0.25) is 0 Å². The quantitative estimate of drug-likeness (QED) is 0.264. The molecule has 0 atom stereocenters. The Balaban J connectivity index is 1.59. The van der Waals surface area contributed by atoms with Gasteiger partial charge in [-0.25, -0.2) is 0 Å². The molecule has 0 heterocycles. The minimum absolute atomic E-state index is 0.390. The lowest BCUT2D eigenvalue weighted by molar-refractivity contribution is -0.118. The van der Waals surface area contributed by atoms with Crippen molar-refractivity contribution in [2.75, 3.05) is 0 Å². The molecule has 1 heteroatoms. The number of ketones is 1. The molecule has 0 aromatic heterocycles. The Hall–Kier alpha value is -1.89. The Morgan fingerprint density at radius 1 is 0.621 bits per heavy atom. The third-order valence-electron chi connectivity index (χ3n) is 5.80. The fraction of sp³-hybridized carbons (Fsp3) is 0.536. The van der Waals surface area contributed by atoms with Crippen LogP contribution in [-0.4, -0.2) is 5.78 Å². The van der Waals surface area contributed by atoms with E-state index >= 15 is 0 Å². The molecule has 0 aliphatic rings. The molecule has 0 spiro atoms. The molecule has 2 aromatic carbocycles. The summed E-state index contributed by atoms with van der Waals surface area (Å²) < 4.78 is 0. The Labute approximate surface area is 178 Å². The molecule has 0 fully saturated rings. The van der Waals surface area contributed by atoms with E-state index < -0.39 is 0 Å². The average Bonchev–Trinajstić information content (AvgIpc) is 2.74. The second kappa shape index (κ2) is 15.0. The lowest BCUT2D eigenvalue weighted by atomic mass is 9.95. The molecule has 0 radical (unpaired) electrons. The lowest BCUT2D eigenvalue weighted by Gasteiger charge is -2.09. The van der Waals surface area contributed by atoms with Gasteiger partial charge in [0.15, 0.2) is 0 Å². The predicted molar refractivity (Wildman–Crippen MR) is 125 cm³/mol. The molecule has 0 saturated heterocycles. The van der Waals surface area contributed by atoms with Gasteiger partial charge in [-0.2, -0.15) is 0 Å². The SMILES string of the molecule is CCCCCCCCCCCCCC(=O)Cc1ccccc1Cc1ccccc1. The molecule has 2 rings (SSSR count). The Morgan fingerprint density at radius 2 is 1.14 bits per heavy atom.